The maximum absolute atomic E-state index is 11.9. The smallest absolute Gasteiger partial charge is 0.315 e. The van der Waals surface area contributed by atoms with Crippen molar-refractivity contribution in [3.8, 4) is 0 Å². The van der Waals surface area contributed by atoms with E-state index in [1.807, 2.05) is 11.8 Å². The average Bonchev–Trinajstić information content (AvgIpc) is 3.04. The highest BCUT2D eigenvalue weighted by atomic mass is 32.2. The molecule has 2 aliphatic rings. The molecule has 2 heterocycles. The predicted molar refractivity (Wildman–Crippen MR) is 112 cm³/mol. The van der Waals surface area contributed by atoms with Crippen molar-refractivity contribution in [1.29, 1.82) is 0 Å². The highest BCUT2D eigenvalue weighted by molar-refractivity contribution is 8.00. The zero-order chi connectivity index (χ0) is 21.2. The van der Waals surface area contributed by atoms with Gasteiger partial charge in [-0.15, -0.1) is 0 Å². The van der Waals surface area contributed by atoms with Crippen molar-refractivity contribution in [2.24, 2.45) is 5.11 Å². The summed E-state index contributed by atoms with van der Waals surface area (Å²) in [4.78, 5) is 26.3. The van der Waals surface area contributed by atoms with Crippen LogP contribution < -0.4 is 16.0 Å². The van der Waals surface area contributed by atoms with Crippen LogP contribution in [0.5, 0.6) is 0 Å². The van der Waals surface area contributed by atoms with Gasteiger partial charge in [-0.25, -0.2) is 4.79 Å². The van der Waals surface area contributed by atoms with Gasteiger partial charge < -0.3 is 25.4 Å². The van der Waals surface area contributed by atoms with Crippen LogP contribution in [0.3, 0.4) is 0 Å². The van der Waals surface area contributed by atoms with Gasteiger partial charge in [-0.1, -0.05) is 11.5 Å². The summed E-state index contributed by atoms with van der Waals surface area (Å²) in [7, 11) is 0. The first kappa shape index (κ1) is 23.6. The van der Waals surface area contributed by atoms with Crippen molar-refractivity contribution in [3.05, 3.63) is 10.4 Å². The molecular formula is C18H32N6O4S. The van der Waals surface area contributed by atoms with Gasteiger partial charge >= 0.3 is 6.03 Å². The largest absolute Gasteiger partial charge is 0.379 e. The zero-order valence-corrected chi connectivity index (χ0v) is 18.1. The van der Waals surface area contributed by atoms with Crippen LogP contribution in [0.1, 0.15) is 39.5 Å². The molecular weight excluding hydrogens is 396 g/mol. The minimum Gasteiger partial charge on any atom is -0.379 e. The van der Waals surface area contributed by atoms with Crippen LogP contribution in [0.4, 0.5) is 4.79 Å². The molecule has 0 unspecified atom stereocenters. The Morgan fingerprint density at radius 2 is 2.03 bits per heavy atom. The highest BCUT2D eigenvalue weighted by Crippen LogP contribution is 2.47. The second-order valence-electron chi connectivity index (χ2n) is 7.69. The third-order valence-corrected chi connectivity index (χ3v) is 7.44. The fourth-order valence-corrected chi connectivity index (χ4v) is 5.54. The molecule has 10 nitrogen and oxygen atoms in total. The molecule has 164 valence electrons. The van der Waals surface area contributed by atoms with E-state index in [2.05, 4.69) is 39.8 Å². The zero-order valence-electron chi connectivity index (χ0n) is 17.2. The van der Waals surface area contributed by atoms with Crippen molar-refractivity contribution >= 4 is 23.7 Å². The van der Waals surface area contributed by atoms with E-state index in [9.17, 15) is 9.59 Å². The maximum Gasteiger partial charge on any atom is 0.315 e. The molecule has 0 bridgehead atoms. The molecule has 3 N–H and O–H groups in total. The van der Waals surface area contributed by atoms with E-state index in [0.717, 1.165) is 25.0 Å². The molecule has 0 radical (unpaired) electrons. The number of carbonyl (C=O) groups excluding carboxylic acids is 2. The molecule has 2 fully saturated rings. The minimum absolute atomic E-state index is 0.0326. The monoisotopic (exact) mass is 428 g/mol. The molecule has 11 heteroatoms. The highest BCUT2D eigenvalue weighted by Gasteiger charge is 2.60. The van der Waals surface area contributed by atoms with Crippen LogP contribution >= 0.6 is 11.8 Å². The van der Waals surface area contributed by atoms with E-state index >= 15 is 0 Å². The number of nitrogens with one attached hydrogen (secondary N) is 3. The Labute approximate surface area is 175 Å². The number of thioether (sulfide) groups is 1. The standard InChI is InChI=1S/C18H32N6O4S/c1-17-13-29-14(18(17,2)23-16(26)22-17)5-3-4-6-15(25)20-7-9-27-11-12-28-10-8-21-24-19/h14H,3-13H2,1-2H3,(H,20,25)(H2,22,23,26)/t14-,17-,18+/m0/s1. The van der Waals surface area contributed by atoms with Crippen molar-refractivity contribution in [3.63, 3.8) is 0 Å². The lowest BCUT2D eigenvalue weighted by Gasteiger charge is -2.35. The van der Waals surface area contributed by atoms with E-state index < -0.39 is 0 Å². The number of hydrogen-bond acceptors (Lipinski definition) is 6. The van der Waals surface area contributed by atoms with Crippen molar-refractivity contribution in [2.75, 3.05) is 45.3 Å². The summed E-state index contributed by atoms with van der Waals surface area (Å²) < 4.78 is 10.6. The minimum atomic E-state index is -0.235. The number of urea groups is 1. The Morgan fingerprint density at radius 3 is 2.79 bits per heavy atom. The van der Waals surface area contributed by atoms with Gasteiger partial charge in [0.25, 0.3) is 0 Å². The molecule has 0 aromatic heterocycles. The molecule has 3 amide bonds. The third kappa shape index (κ3) is 6.67. The Hall–Kier alpha value is -1.68. The average molecular weight is 429 g/mol. The van der Waals surface area contributed by atoms with Gasteiger partial charge in [0.05, 0.1) is 37.5 Å². The number of fused-ring (bicyclic) bond motifs is 1. The molecule has 2 saturated heterocycles. The van der Waals surface area contributed by atoms with E-state index in [1.165, 1.54) is 0 Å². The van der Waals surface area contributed by atoms with Gasteiger partial charge in [0.15, 0.2) is 0 Å². The van der Waals surface area contributed by atoms with Crippen LogP contribution in [0.15, 0.2) is 5.11 Å². The Morgan fingerprint density at radius 1 is 1.28 bits per heavy atom. The fourth-order valence-electron chi connectivity index (χ4n) is 3.65. The number of rotatable bonds is 14. The summed E-state index contributed by atoms with van der Waals surface area (Å²) in [5.41, 5.74) is 7.68. The summed E-state index contributed by atoms with van der Waals surface area (Å²) >= 11 is 1.90. The molecule has 2 rings (SSSR count). The van der Waals surface area contributed by atoms with E-state index in [0.29, 0.717) is 51.2 Å². The van der Waals surface area contributed by atoms with Crippen LogP contribution in [0.2, 0.25) is 0 Å². The van der Waals surface area contributed by atoms with E-state index in [4.69, 9.17) is 15.0 Å². The molecule has 29 heavy (non-hydrogen) atoms. The van der Waals surface area contributed by atoms with Gasteiger partial charge in [0.2, 0.25) is 5.91 Å². The van der Waals surface area contributed by atoms with Crippen LogP contribution in [-0.4, -0.2) is 73.5 Å². The molecule has 0 spiro atoms. The number of ether oxygens (including phenoxy) is 2. The molecule has 0 saturated carbocycles. The van der Waals surface area contributed by atoms with Crippen LogP contribution in [0, 0.1) is 0 Å². The molecule has 3 atom stereocenters. The Balaban J connectivity index is 1.46. The van der Waals surface area contributed by atoms with Crippen molar-refractivity contribution in [1.82, 2.24) is 16.0 Å². The number of nitrogens with zero attached hydrogens (tertiary/aromatic N) is 3. The normalized spacial score (nSPS) is 27.7. The number of azide groups is 1. The van der Waals surface area contributed by atoms with Crippen LogP contribution in [-0.2, 0) is 14.3 Å². The SMILES string of the molecule is C[C@]12CS[C@@H](CCCCC(=O)NCCOCCOCCN=[N+]=[N-])[C@@]1(C)NC(=O)N2. The second kappa shape index (κ2) is 11.5. The Kier molecular flexibility index (Phi) is 9.35. The van der Waals surface area contributed by atoms with Gasteiger partial charge in [0.1, 0.15) is 0 Å². The van der Waals surface area contributed by atoms with Gasteiger partial charge in [-0.3, -0.25) is 4.79 Å². The number of unbranched alkanes of at least 4 members (excludes halogenated alkanes) is 1. The first-order valence-electron chi connectivity index (χ1n) is 10.1. The van der Waals surface area contributed by atoms with Crippen molar-refractivity contribution < 1.29 is 19.1 Å². The number of hydrogen-bond donors (Lipinski definition) is 3. The van der Waals surface area contributed by atoms with Gasteiger partial charge in [-0.05, 0) is 32.2 Å². The molecule has 0 aromatic rings. The van der Waals surface area contributed by atoms with Crippen molar-refractivity contribution in [2.45, 2.75) is 55.9 Å². The van der Waals surface area contributed by atoms with E-state index in [-0.39, 0.29) is 23.0 Å². The first-order valence-corrected chi connectivity index (χ1v) is 11.1. The second-order valence-corrected chi connectivity index (χ2v) is 8.88. The van der Waals surface area contributed by atoms with Gasteiger partial charge in [-0.2, -0.15) is 11.8 Å². The summed E-state index contributed by atoms with van der Waals surface area (Å²) in [6.45, 7) is 6.70. The molecule has 0 aromatic carbocycles. The lowest BCUT2D eigenvalue weighted by Crippen LogP contribution is -2.58. The predicted octanol–water partition coefficient (Wildman–Crippen LogP) is 1.95. The topological polar surface area (TPSA) is 137 Å². The molecule has 2 aliphatic heterocycles. The molecule has 0 aliphatic carbocycles. The number of carbonyl (C=O) groups is 2. The Bertz CT molecular complexity index is 617. The summed E-state index contributed by atoms with van der Waals surface area (Å²) in [6.07, 6.45) is 3.26. The first-order chi connectivity index (χ1) is 13.9. The number of amides is 3. The fraction of sp³-hybridized carbons (Fsp3) is 0.889. The van der Waals surface area contributed by atoms with Gasteiger partial charge in [0, 0.05) is 35.4 Å². The van der Waals surface area contributed by atoms with Crippen LogP contribution in [0.25, 0.3) is 10.4 Å². The summed E-state index contributed by atoms with van der Waals surface area (Å²) in [6, 6.07) is -0.0818. The maximum atomic E-state index is 11.9. The quantitative estimate of drug-likeness (QED) is 0.128. The lowest BCUT2D eigenvalue weighted by atomic mass is 9.79. The third-order valence-electron chi connectivity index (χ3n) is 5.59. The summed E-state index contributed by atoms with van der Waals surface area (Å²) in [5.74, 6) is 0.942. The lowest BCUT2D eigenvalue weighted by molar-refractivity contribution is -0.121. The van der Waals surface area contributed by atoms with E-state index in [1.54, 1.807) is 0 Å². The summed E-state index contributed by atoms with van der Waals surface area (Å²) in [5, 5.41) is 12.7.